The van der Waals surface area contributed by atoms with E-state index in [1.807, 2.05) is 4.68 Å². The van der Waals surface area contributed by atoms with Crippen molar-refractivity contribution < 1.29 is 4.74 Å². The molecule has 1 aromatic rings. The molecule has 1 saturated heterocycles. The van der Waals surface area contributed by atoms with Crippen LogP contribution in [0.5, 0.6) is 0 Å². The molecule has 1 aromatic heterocycles. The van der Waals surface area contributed by atoms with E-state index in [1.54, 1.807) is 6.33 Å². The van der Waals surface area contributed by atoms with Gasteiger partial charge in [0.15, 0.2) is 0 Å². The second-order valence-corrected chi connectivity index (χ2v) is 5.35. The number of hydrogen-bond donors (Lipinski definition) is 1. The third-order valence-corrected chi connectivity index (χ3v) is 3.22. The first-order valence-electron chi connectivity index (χ1n) is 6.94. The van der Waals surface area contributed by atoms with Crippen molar-refractivity contribution in [2.45, 2.75) is 52.3 Å². The number of aromatic nitrogens is 3. The van der Waals surface area contributed by atoms with Crippen LogP contribution in [-0.2, 0) is 17.8 Å². The van der Waals surface area contributed by atoms with Crippen LogP contribution in [0, 0.1) is 5.92 Å². The minimum Gasteiger partial charge on any atom is -0.378 e. The predicted molar refractivity (Wildman–Crippen MR) is 70.2 cm³/mol. The molecule has 18 heavy (non-hydrogen) atoms. The van der Waals surface area contributed by atoms with E-state index in [-0.39, 0.29) is 0 Å². The summed E-state index contributed by atoms with van der Waals surface area (Å²) in [6.07, 6.45) is 5.49. The molecule has 0 radical (unpaired) electrons. The third kappa shape index (κ3) is 4.07. The topological polar surface area (TPSA) is 52.0 Å². The average molecular weight is 252 g/mol. The Labute approximate surface area is 109 Å². The molecule has 5 nitrogen and oxygen atoms in total. The highest BCUT2D eigenvalue weighted by Gasteiger charge is 2.16. The van der Waals surface area contributed by atoms with Gasteiger partial charge >= 0.3 is 0 Å². The zero-order valence-electron chi connectivity index (χ0n) is 11.4. The first kappa shape index (κ1) is 13.5. The Hall–Kier alpha value is -0.940. The lowest BCUT2D eigenvalue weighted by molar-refractivity contribution is 0.0991. The van der Waals surface area contributed by atoms with Crippen molar-refractivity contribution in [2.75, 3.05) is 13.2 Å². The normalized spacial score (nSPS) is 19.8. The monoisotopic (exact) mass is 252 g/mol. The standard InChI is InChI=1S/C13H24N4O/c1-11(2)8-14-9-13-15-10-16-17(13)6-5-12-4-3-7-18-12/h10-12,14H,3-9H2,1-2H3. The lowest BCUT2D eigenvalue weighted by Gasteiger charge is -2.11. The van der Waals surface area contributed by atoms with Crippen LogP contribution in [0.1, 0.15) is 38.9 Å². The Morgan fingerprint density at radius 3 is 3.17 bits per heavy atom. The minimum absolute atomic E-state index is 0.422. The highest BCUT2D eigenvalue weighted by Crippen LogP contribution is 2.16. The molecular weight excluding hydrogens is 228 g/mol. The van der Waals surface area contributed by atoms with Crippen LogP contribution in [0.25, 0.3) is 0 Å². The van der Waals surface area contributed by atoms with Crippen molar-refractivity contribution in [3.05, 3.63) is 12.2 Å². The second-order valence-electron chi connectivity index (χ2n) is 5.35. The van der Waals surface area contributed by atoms with Crippen LogP contribution < -0.4 is 5.32 Å². The molecule has 1 aliphatic rings. The van der Waals surface area contributed by atoms with Gasteiger partial charge in [0.1, 0.15) is 12.2 Å². The Morgan fingerprint density at radius 1 is 1.56 bits per heavy atom. The van der Waals surface area contributed by atoms with Crippen molar-refractivity contribution in [1.29, 1.82) is 0 Å². The predicted octanol–water partition coefficient (Wildman–Crippen LogP) is 1.59. The molecule has 0 amide bonds. The van der Waals surface area contributed by atoms with E-state index >= 15 is 0 Å². The van der Waals surface area contributed by atoms with Crippen molar-refractivity contribution in [1.82, 2.24) is 20.1 Å². The van der Waals surface area contributed by atoms with Gasteiger partial charge in [-0.2, -0.15) is 5.10 Å². The average Bonchev–Trinajstić information content (AvgIpc) is 2.96. The number of rotatable bonds is 7. The van der Waals surface area contributed by atoms with Crippen molar-refractivity contribution >= 4 is 0 Å². The number of hydrogen-bond acceptors (Lipinski definition) is 4. The fraction of sp³-hybridized carbons (Fsp3) is 0.846. The molecule has 0 aliphatic carbocycles. The van der Waals surface area contributed by atoms with Crippen LogP contribution >= 0.6 is 0 Å². The maximum atomic E-state index is 5.63. The first-order valence-corrected chi connectivity index (χ1v) is 6.94. The Kier molecular flexibility index (Phi) is 5.13. The quantitative estimate of drug-likeness (QED) is 0.800. The van der Waals surface area contributed by atoms with Gasteiger partial charge in [-0.15, -0.1) is 0 Å². The van der Waals surface area contributed by atoms with E-state index in [4.69, 9.17) is 4.74 Å². The fourth-order valence-electron chi connectivity index (χ4n) is 2.22. The van der Waals surface area contributed by atoms with Gasteiger partial charge in [-0.05, 0) is 31.7 Å². The zero-order chi connectivity index (χ0) is 12.8. The maximum absolute atomic E-state index is 5.63. The summed E-state index contributed by atoms with van der Waals surface area (Å²) in [5, 5.41) is 7.69. The van der Waals surface area contributed by atoms with E-state index in [1.165, 1.54) is 12.8 Å². The molecule has 5 heteroatoms. The summed E-state index contributed by atoms with van der Waals surface area (Å²) in [7, 11) is 0. The zero-order valence-corrected chi connectivity index (χ0v) is 11.4. The van der Waals surface area contributed by atoms with Gasteiger partial charge in [-0.3, -0.25) is 0 Å². The van der Waals surface area contributed by atoms with Gasteiger partial charge in [-0.1, -0.05) is 13.8 Å². The summed E-state index contributed by atoms with van der Waals surface area (Å²) in [6.45, 7) is 8.04. The summed E-state index contributed by atoms with van der Waals surface area (Å²) in [5.41, 5.74) is 0. The number of nitrogens with zero attached hydrogens (tertiary/aromatic N) is 3. The van der Waals surface area contributed by atoms with Crippen LogP contribution in [0.3, 0.4) is 0 Å². The van der Waals surface area contributed by atoms with E-state index in [2.05, 4.69) is 29.2 Å². The number of nitrogens with one attached hydrogen (secondary N) is 1. The Bertz CT molecular complexity index is 345. The summed E-state index contributed by atoms with van der Waals surface area (Å²) in [6, 6.07) is 0. The largest absolute Gasteiger partial charge is 0.378 e. The van der Waals surface area contributed by atoms with E-state index in [0.717, 1.165) is 38.5 Å². The molecule has 1 fully saturated rings. The molecular formula is C13H24N4O. The summed E-state index contributed by atoms with van der Waals surface area (Å²) in [5.74, 6) is 1.68. The Balaban J connectivity index is 1.75. The highest BCUT2D eigenvalue weighted by molar-refractivity contribution is 4.84. The van der Waals surface area contributed by atoms with Gasteiger partial charge in [0, 0.05) is 13.2 Å². The van der Waals surface area contributed by atoms with Gasteiger partial charge in [0.2, 0.25) is 0 Å². The maximum Gasteiger partial charge on any atom is 0.140 e. The summed E-state index contributed by atoms with van der Waals surface area (Å²) < 4.78 is 7.62. The van der Waals surface area contributed by atoms with Crippen LogP contribution in [-0.4, -0.2) is 34.0 Å². The third-order valence-electron chi connectivity index (χ3n) is 3.22. The van der Waals surface area contributed by atoms with Crippen molar-refractivity contribution in [3.63, 3.8) is 0 Å². The molecule has 1 N–H and O–H groups in total. The SMILES string of the molecule is CC(C)CNCc1ncnn1CCC1CCCO1. The molecule has 0 saturated carbocycles. The molecule has 2 rings (SSSR count). The van der Waals surface area contributed by atoms with E-state index in [0.29, 0.717) is 12.0 Å². The van der Waals surface area contributed by atoms with Crippen molar-refractivity contribution in [3.8, 4) is 0 Å². The molecule has 102 valence electrons. The molecule has 1 unspecified atom stereocenters. The lowest BCUT2D eigenvalue weighted by atomic mass is 10.2. The van der Waals surface area contributed by atoms with Gasteiger partial charge in [0.25, 0.3) is 0 Å². The first-order chi connectivity index (χ1) is 8.75. The smallest absolute Gasteiger partial charge is 0.140 e. The van der Waals surface area contributed by atoms with Crippen LogP contribution in [0.15, 0.2) is 6.33 Å². The molecule has 1 aliphatic heterocycles. The molecule has 0 aromatic carbocycles. The van der Waals surface area contributed by atoms with Gasteiger partial charge < -0.3 is 10.1 Å². The van der Waals surface area contributed by atoms with Crippen LogP contribution in [0.2, 0.25) is 0 Å². The second kappa shape index (κ2) is 6.85. The Morgan fingerprint density at radius 2 is 2.44 bits per heavy atom. The summed E-state index contributed by atoms with van der Waals surface area (Å²) in [4.78, 5) is 4.31. The van der Waals surface area contributed by atoms with Crippen molar-refractivity contribution in [2.24, 2.45) is 5.92 Å². The number of aryl methyl sites for hydroxylation is 1. The number of ether oxygens (including phenoxy) is 1. The van der Waals surface area contributed by atoms with Gasteiger partial charge in [-0.25, -0.2) is 9.67 Å². The highest BCUT2D eigenvalue weighted by atomic mass is 16.5. The van der Waals surface area contributed by atoms with E-state index in [9.17, 15) is 0 Å². The molecule has 2 heterocycles. The fourth-order valence-corrected chi connectivity index (χ4v) is 2.22. The molecule has 1 atom stereocenters. The molecule has 0 bridgehead atoms. The minimum atomic E-state index is 0.422. The lowest BCUT2D eigenvalue weighted by Crippen LogP contribution is -2.22. The van der Waals surface area contributed by atoms with E-state index < -0.39 is 0 Å². The van der Waals surface area contributed by atoms with Gasteiger partial charge in [0.05, 0.1) is 12.6 Å². The summed E-state index contributed by atoms with van der Waals surface area (Å²) >= 11 is 0. The van der Waals surface area contributed by atoms with Crippen LogP contribution in [0.4, 0.5) is 0 Å². The molecule has 0 spiro atoms.